The molecule has 3 atom stereocenters. The van der Waals surface area contributed by atoms with Crippen LogP contribution >= 0.6 is 0 Å². The van der Waals surface area contributed by atoms with Crippen molar-refractivity contribution in [1.29, 1.82) is 0 Å². The molecule has 0 radical (unpaired) electrons. The van der Waals surface area contributed by atoms with Gasteiger partial charge in [0.25, 0.3) is 15.9 Å². The van der Waals surface area contributed by atoms with Gasteiger partial charge in [-0.25, -0.2) is 8.42 Å². The topological polar surface area (TPSA) is 134 Å². The molecule has 0 spiro atoms. The molecule has 5 rings (SSSR count). The van der Waals surface area contributed by atoms with E-state index in [0.29, 0.717) is 25.4 Å². The number of benzene rings is 3. The molecule has 2 N–H and O–H groups in total. The largest absolute Gasteiger partial charge is 0.488 e. The molecule has 1 aliphatic rings. The number of carbonyl (C=O) groups is 1. The first-order valence-electron chi connectivity index (χ1n) is 15.1. The molecule has 244 valence electrons. The lowest BCUT2D eigenvalue weighted by atomic mass is 9.99. The molecule has 0 saturated heterocycles. The van der Waals surface area contributed by atoms with E-state index >= 15 is 0 Å². The van der Waals surface area contributed by atoms with Gasteiger partial charge in [0.1, 0.15) is 29.0 Å². The van der Waals surface area contributed by atoms with E-state index < -0.39 is 16.1 Å². The molecule has 0 saturated carbocycles. The fourth-order valence-electron chi connectivity index (χ4n) is 5.54. The van der Waals surface area contributed by atoms with Crippen molar-refractivity contribution in [1.82, 2.24) is 15.0 Å². The molecular formula is C34H40N4O7S. The number of sulfonamides is 1. The van der Waals surface area contributed by atoms with Crippen LogP contribution in [0.5, 0.6) is 17.2 Å². The molecule has 11 nitrogen and oxygen atoms in total. The lowest BCUT2D eigenvalue weighted by Gasteiger charge is -2.38. The summed E-state index contributed by atoms with van der Waals surface area (Å²) >= 11 is 0. The summed E-state index contributed by atoms with van der Waals surface area (Å²) in [7, 11) is -2.03. The summed E-state index contributed by atoms with van der Waals surface area (Å²) in [4.78, 5) is 17.5. The third kappa shape index (κ3) is 7.52. The van der Waals surface area contributed by atoms with Crippen molar-refractivity contribution in [3.8, 4) is 17.2 Å². The fraction of sp³-hybridized carbons (Fsp3) is 0.353. The zero-order valence-electron chi connectivity index (χ0n) is 26.6. The Hall–Kier alpha value is -4.39. The Balaban J connectivity index is 1.35. The van der Waals surface area contributed by atoms with Gasteiger partial charge in [-0.1, -0.05) is 42.4 Å². The highest BCUT2D eigenvalue weighted by atomic mass is 32.2. The molecule has 12 heteroatoms. The Kier molecular flexibility index (Phi) is 10.00. The molecule has 0 unspecified atom stereocenters. The number of aliphatic hydroxyl groups excluding tert-OH is 1. The third-order valence-electron chi connectivity index (χ3n) is 8.00. The Morgan fingerprint density at radius 3 is 2.43 bits per heavy atom. The molecule has 2 heterocycles. The highest BCUT2D eigenvalue weighted by Gasteiger charge is 2.34. The maximum Gasteiger partial charge on any atom is 0.267 e. The maximum absolute atomic E-state index is 13.8. The number of rotatable bonds is 11. The number of ether oxygens (including phenoxy) is 2. The Bertz CT molecular complexity index is 1740. The lowest BCUT2D eigenvalue weighted by Crippen LogP contribution is -2.49. The number of para-hydroxylation sites is 1. The summed E-state index contributed by atoms with van der Waals surface area (Å²) in [6.07, 6.45) is -0.309. The summed E-state index contributed by atoms with van der Waals surface area (Å²) in [5.74, 6) is 1.60. The molecule has 4 aromatic rings. The van der Waals surface area contributed by atoms with Gasteiger partial charge in [0.2, 0.25) is 0 Å². The minimum Gasteiger partial charge on any atom is -0.488 e. The van der Waals surface area contributed by atoms with Crippen LogP contribution in [0, 0.1) is 19.8 Å². The van der Waals surface area contributed by atoms with Gasteiger partial charge in [-0.2, -0.15) is 0 Å². The van der Waals surface area contributed by atoms with Crippen LogP contribution in [0.15, 0.2) is 82.2 Å². The number of amides is 1. The summed E-state index contributed by atoms with van der Waals surface area (Å²) in [6.45, 7) is 8.21. The molecule has 46 heavy (non-hydrogen) atoms. The number of nitrogens with zero attached hydrogens (tertiary/aromatic N) is 3. The number of anilines is 1. The van der Waals surface area contributed by atoms with Gasteiger partial charge in [-0.05, 0) is 75.8 Å². The van der Waals surface area contributed by atoms with E-state index in [1.807, 2.05) is 68.6 Å². The van der Waals surface area contributed by atoms with E-state index in [2.05, 4.69) is 14.8 Å². The monoisotopic (exact) mass is 648 g/mol. The van der Waals surface area contributed by atoms with Crippen LogP contribution in [0.2, 0.25) is 0 Å². The van der Waals surface area contributed by atoms with Crippen molar-refractivity contribution in [2.45, 2.75) is 51.3 Å². The summed E-state index contributed by atoms with van der Waals surface area (Å²) in [6, 6.07) is 21.7. The standard InChI is InChI=1S/C34H40N4O7S/c1-22-18-38(23(2)21-39)34(40)30-17-27(36-46(41,42)33-24(3)35-45-25(33)4)13-16-31(30)44-32(22)20-37(5)19-26-11-14-29(15-12-26)43-28-9-7-6-8-10-28/h6-17,22-23,32,36,39H,18-21H2,1-5H3/t22-,23-,32-/m0/s1. The van der Waals surface area contributed by atoms with Gasteiger partial charge in [0.05, 0.1) is 18.2 Å². The minimum atomic E-state index is -4.04. The van der Waals surface area contributed by atoms with Crippen LogP contribution in [0.25, 0.3) is 0 Å². The van der Waals surface area contributed by atoms with Crippen LogP contribution < -0.4 is 14.2 Å². The first-order chi connectivity index (χ1) is 21.9. The van der Waals surface area contributed by atoms with Crippen molar-refractivity contribution in [2.75, 3.05) is 31.5 Å². The van der Waals surface area contributed by atoms with Crippen LogP contribution in [0.1, 0.15) is 41.2 Å². The molecule has 0 fully saturated rings. The molecular weight excluding hydrogens is 608 g/mol. The van der Waals surface area contributed by atoms with E-state index in [1.54, 1.807) is 30.9 Å². The molecule has 1 amide bonds. The maximum atomic E-state index is 13.8. The number of aryl methyl sites for hydroxylation is 2. The van der Waals surface area contributed by atoms with Gasteiger partial charge < -0.3 is 24.0 Å². The van der Waals surface area contributed by atoms with Gasteiger partial charge >= 0.3 is 0 Å². The van der Waals surface area contributed by atoms with Gasteiger partial charge in [-0.3, -0.25) is 14.4 Å². The molecule has 0 aliphatic carbocycles. The van der Waals surface area contributed by atoms with Crippen molar-refractivity contribution in [3.05, 3.63) is 95.4 Å². The number of carbonyl (C=O) groups excluding carboxylic acids is 1. The number of hydrogen-bond donors (Lipinski definition) is 2. The second-order valence-corrected chi connectivity index (χ2v) is 13.5. The van der Waals surface area contributed by atoms with E-state index in [4.69, 9.17) is 14.0 Å². The van der Waals surface area contributed by atoms with Crippen LogP contribution in [-0.2, 0) is 16.6 Å². The minimum absolute atomic E-state index is 0.0485. The summed E-state index contributed by atoms with van der Waals surface area (Å²) in [5.41, 5.74) is 1.72. The normalized spacial score (nSPS) is 17.5. The summed E-state index contributed by atoms with van der Waals surface area (Å²) < 4.78 is 46.4. The van der Waals surface area contributed by atoms with Crippen molar-refractivity contribution >= 4 is 21.6 Å². The third-order valence-corrected chi connectivity index (χ3v) is 9.62. The van der Waals surface area contributed by atoms with E-state index in [1.165, 1.54) is 13.0 Å². The number of fused-ring (bicyclic) bond motifs is 1. The number of aromatic nitrogens is 1. The Morgan fingerprint density at radius 2 is 1.78 bits per heavy atom. The smallest absolute Gasteiger partial charge is 0.267 e. The van der Waals surface area contributed by atoms with Crippen LogP contribution in [0.3, 0.4) is 0 Å². The van der Waals surface area contributed by atoms with E-state index in [9.17, 15) is 18.3 Å². The first kappa shape index (κ1) is 33.0. The zero-order valence-corrected chi connectivity index (χ0v) is 27.5. The Labute approximate surface area is 269 Å². The highest BCUT2D eigenvalue weighted by molar-refractivity contribution is 7.92. The van der Waals surface area contributed by atoms with Crippen molar-refractivity contribution in [2.24, 2.45) is 5.92 Å². The SMILES string of the molecule is Cc1noc(C)c1S(=O)(=O)Nc1ccc2c(c1)C(=O)N([C@@H](C)CO)C[C@H](C)[C@H](CN(C)Cc1ccc(Oc3ccccc3)cc1)O2. The lowest BCUT2D eigenvalue weighted by molar-refractivity contribution is 0.0341. The van der Waals surface area contributed by atoms with Crippen molar-refractivity contribution < 1.29 is 32.3 Å². The quantitative estimate of drug-likeness (QED) is 0.224. The molecule has 1 aromatic heterocycles. The predicted octanol–water partition coefficient (Wildman–Crippen LogP) is 5.24. The van der Waals surface area contributed by atoms with E-state index in [-0.39, 0.29) is 52.1 Å². The van der Waals surface area contributed by atoms with Gasteiger partial charge in [-0.15, -0.1) is 0 Å². The highest BCUT2D eigenvalue weighted by Crippen LogP contribution is 2.32. The van der Waals surface area contributed by atoms with Crippen LogP contribution in [0.4, 0.5) is 5.69 Å². The molecule has 0 bridgehead atoms. The number of nitrogens with one attached hydrogen (secondary N) is 1. The van der Waals surface area contributed by atoms with Crippen molar-refractivity contribution in [3.63, 3.8) is 0 Å². The average molecular weight is 649 g/mol. The second-order valence-electron chi connectivity index (χ2n) is 11.8. The Morgan fingerprint density at radius 1 is 1.09 bits per heavy atom. The zero-order chi connectivity index (χ0) is 33.0. The van der Waals surface area contributed by atoms with E-state index in [0.717, 1.165) is 17.1 Å². The average Bonchev–Trinajstić information content (AvgIpc) is 3.38. The second kappa shape index (κ2) is 13.9. The summed E-state index contributed by atoms with van der Waals surface area (Å²) in [5, 5.41) is 13.7. The van der Waals surface area contributed by atoms with Gasteiger partial charge in [0.15, 0.2) is 10.7 Å². The number of hydrogen-bond acceptors (Lipinski definition) is 9. The number of aliphatic hydroxyl groups is 1. The fourth-order valence-corrected chi connectivity index (χ4v) is 6.92. The molecule has 3 aromatic carbocycles. The number of likely N-dealkylation sites (N-methyl/N-ethyl adjacent to an activating group) is 1. The molecule has 1 aliphatic heterocycles. The van der Waals surface area contributed by atoms with Gasteiger partial charge in [0, 0.05) is 31.2 Å². The van der Waals surface area contributed by atoms with Crippen LogP contribution in [-0.4, -0.2) is 73.3 Å². The predicted molar refractivity (Wildman–Crippen MR) is 174 cm³/mol. The first-order valence-corrected chi connectivity index (χ1v) is 16.6.